The van der Waals surface area contributed by atoms with Crippen LogP contribution in [0.2, 0.25) is 0 Å². The van der Waals surface area contributed by atoms with E-state index in [0.717, 1.165) is 24.0 Å². The molecule has 3 aromatic rings. The Morgan fingerprint density at radius 1 is 0.792 bits per heavy atom. The highest BCUT2D eigenvalue weighted by molar-refractivity contribution is 14.1. The molecular formula is C22H27IO. The predicted molar refractivity (Wildman–Crippen MR) is 113 cm³/mol. The molecule has 0 radical (unpaired) electrons. The SMILES string of the molecule is CCCCCCc1ccc2c(oc3c(C)c(CCC)ccc32)c1I. The van der Waals surface area contributed by atoms with Crippen LogP contribution in [-0.2, 0) is 12.8 Å². The minimum Gasteiger partial charge on any atom is -0.455 e. The van der Waals surface area contributed by atoms with Crippen LogP contribution in [0, 0.1) is 10.5 Å². The zero-order valence-electron chi connectivity index (χ0n) is 15.0. The van der Waals surface area contributed by atoms with Crippen molar-refractivity contribution in [2.75, 3.05) is 0 Å². The Bertz CT molecular complexity index is 844. The average Bonchev–Trinajstić information content (AvgIpc) is 2.96. The van der Waals surface area contributed by atoms with Gasteiger partial charge in [-0.05, 0) is 65.5 Å². The average molecular weight is 434 g/mol. The fourth-order valence-electron chi connectivity index (χ4n) is 3.56. The van der Waals surface area contributed by atoms with Gasteiger partial charge in [0.2, 0.25) is 0 Å². The molecule has 0 atom stereocenters. The highest BCUT2D eigenvalue weighted by Gasteiger charge is 2.15. The molecule has 0 unspecified atom stereocenters. The maximum absolute atomic E-state index is 6.36. The van der Waals surface area contributed by atoms with E-state index < -0.39 is 0 Å². The third kappa shape index (κ3) is 3.35. The molecule has 0 aliphatic heterocycles. The summed E-state index contributed by atoms with van der Waals surface area (Å²) in [5.41, 5.74) is 6.32. The molecular weight excluding hydrogens is 407 g/mol. The van der Waals surface area contributed by atoms with Gasteiger partial charge in [0.1, 0.15) is 11.2 Å². The van der Waals surface area contributed by atoms with Gasteiger partial charge in [0.05, 0.1) is 3.57 Å². The van der Waals surface area contributed by atoms with Crippen molar-refractivity contribution in [1.82, 2.24) is 0 Å². The Kier molecular flexibility index (Phi) is 5.85. The molecule has 0 aliphatic rings. The van der Waals surface area contributed by atoms with Crippen LogP contribution in [0.3, 0.4) is 0 Å². The lowest BCUT2D eigenvalue weighted by molar-refractivity contribution is 0.653. The molecule has 0 aliphatic carbocycles. The Hall–Kier alpha value is -1.03. The van der Waals surface area contributed by atoms with E-state index in [1.165, 1.54) is 63.1 Å². The third-order valence-electron chi connectivity index (χ3n) is 5.01. The molecule has 1 aromatic heterocycles. The van der Waals surface area contributed by atoms with Crippen LogP contribution in [0.1, 0.15) is 62.6 Å². The summed E-state index contributed by atoms with van der Waals surface area (Å²) in [5.74, 6) is 0. The molecule has 2 aromatic carbocycles. The maximum Gasteiger partial charge on any atom is 0.149 e. The molecule has 3 rings (SSSR count). The molecule has 0 bridgehead atoms. The number of hydrogen-bond donors (Lipinski definition) is 0. The van der Waals surface area contributed by atoms with Crippen molar-refractivity contribution in [2.45, 2.75) is 65.7 Å². The normalized spacial score (nSPS) is 11.7. The fraction of sp³-hybridized carbons (Fsp3) is 0.455. The predicted octanol–water partition coefficient (Wildman–Crippen LogP) is 7.57. The Labute approximate surface area is 159 Å². The molecule has 0 saturated heterocycles. The number of halogens is 1. The maximum atomic E-state index is 6.36. The number of benzene rings is 2. The number of aryl methyl sites for hydroxylation is 3. The Morgan fingerprint density at radius 2 is 1.50 bits per heavy atom. The fourth-order valence-corrected chi connectivity index (χ4v) is 4.41. The summed E-state index contributed by atoms with van der Waals surface area (Å²) < 4.78 is 7.66. The molecule has 1 nitrogen and oxygen atoms in total. The highest BCUT2D eigenvalue weighted by Crippen LogP contribution is 2.36. The molecule has 24 heavy (non-hydrogen) atoms. The zero-order chi connectivity index (χ0) is 17.1. The Morgan fingerprint density at radius 3 is 2.21 bits per heavy atom. The molecule has 0 spiro atoms. The summed E-state index contributed by atoms with van der Waals surface area (Å²) in [4.78, 5) is 0. The third-order valence-corrected chi connectivity index (χ3v) is 6.19. The first-order valence-corrected chi connectivity index (χ1v) is 10.4. The van der Waals surface area contributed by atoms with Crippen LogP contribution in [0.5, 0.6) is 0 Å². The van der Waals surface area contributed by atoms with Gasteiger partial charge >= 0.3 is 0 Å². The lowest BCUT2D eigenvalue weighted by Crippen LogP contribution is -1.90. The summed E-state index contributed by atoms with van der Waals surface area (Å²) in [5, 5.41) is 2.52. The van der Waals surface area contributed by atoms with Crippen molar-refractivity contribution in [2.24, 2.45) is 0 Å². The van der Waals surface area contributed by atoms with E-state index in [2.05, 4.69) is 67.6 Å². The van der Waals surface area contributed by atoms with E-state index in [0.29, 0.717) is 0 Å². The number of unbranched alkanes of at least 4 members (excludes halogenated alkanes) is 3. The highest BCUT2D eigenvalue weighted by atomic mass is 127. The van der Waals surface area contributed by atoms with Crippen molar-refractivity contribution in [1.29, 1.82) is 0 Å². The van der Waals surface area contributed by atoms with E-state index in [4.69, 9.17) is 4.42 Å². The van der Waals surface area contributed by atoms with Gasteiger partial charge in [-0.25, -0.2) is 0 Å². The first-order valence-electron chi connectivity index (χ1n) is 9.29. The Balaban J connectivity index is 2.01. The standard InChI is InChI=1S/C22H27IO/c1-4-6-7-8-10-17-12-14-19-18-13-11-16(9-5-2)15(3)21(18)24-22(19)20(17)23/h11-14H,4-10H2,1-3H3. The van der Waals surface area contributed by atoms with Crippen LogP contribution in [0.25, 0.3) is 21.9 Å². The van der Waals surface area contributed by atoms with E-state index in [1.807, 2.05) is 0 Å². The quantitative estimate of drug-likeness (QED) is 0.276. The van der Waals surface area contributed by atoms with E-state index >= 15 is 0 Å². The summed E-state index contributed by atoms with van der Waals surface area (Å²) >= 11 is 2.48. The van der Waals surface area contributed by atoms with E-state index in [-0.39, 0.29) is 0 Å². The van der Waals surface area contributed by atoms with Crippen LogP contribution >= 0.6 is 22.6 Å². The zero-order valence-corrected chi connectivity index (χ0v) is 17.2. The number of rotatable bonds is 7. The molecule has 2 heteroatoms. The molecule has 1 heterocycles. The first kappa shape index (κ1) is 17.8. The van der Waals surface area contributed by atoms with Crippen LogP contribution in [-0.4, -0.2) is 0 Å². The van der Waals surface area contributed by atoms with Gasteiger partial charge in [0.15, 0.2) is 0 Å². The molecule has 0 fully saturated rings. The van der Waals surface area contributed by atoms with Gasteiger partial charge in [0.25, 0.3) is 0 Å². The second kappa shape index (κ2) is 7.90. The largest absolute Gasteiger partial charge is 0.455 e. The number of hydrogen-bond acceptors (Lipinski definition) is 1. The second-order valence-corrected chi connectivity index (χ2v) is 7.88. The second-order valence-electron chi connectivity index (χ2n) is 6.80. The summed E-state index contributed by atoms with van der Waals surface area (Å²) in [6.45, 7) is 6.70. The van der Waals surface area contributed by atoms with Gasteiger partial charge in [-0.1, -0.05) is 63.8 Å². The monoisotopic (exact) mass is 434 g/mol. The van der Waals surface area contributed by atoms with Gasteiger partial charge < -0.3 is 4.42 Å². The molecule has 0 amide bonds. The topological polar surface area (TPSA) is 13.1 Å². The lowest BCUT2D eigenvalue weighted by Gasteiger charge is -2.05. The van der Waals surface area contributed by atoms with Gasteiger partial charge in [-0.2, -0.15) is 0 Å². The number of furan rings is 1. The first-order chi connectivity index (χ1) is 11.7. The van der Waals surface area contributed by atoms with Crippen LogP contribution in [0.15, 0.2) is 28.7 Å². The van der Waals surface area contributed by atoms with E-state index in [9.17, 15) is 0 Å². The van der Waals surface area contributed by atoms with Gasteiger partial charge in [-0.3, -0.25) is 0 Å². The minimum absolute atomic E-state index is 1.08. The molecule has 0 N–H and O–H groups in total. The van der Waals surface area contributed by atoms with Crippen molar-refractivity contribution >= 4 is 44.5 Å². The van der Waals surface area contributed by atoms with Crippen molar-refractivity contribution < 1.29 is 4.42 Å². The van der Waals surface area contributed by atoms with Gasteiger partial charge in [0, 0.05) is 10.8 Å². The minimum atomic E-state index is 1.08. The van der Waals surface area contributed by atoms with Crippen molar-refractivity contribution in [3.05, 3.63) is 44.5 Å². The number of fused-ring (bicyclic) bond motifs is 3. The van der Waals surface area contributed by atoms with Crippen molar-refractivity contribution in [3.8, 4) is 0 Å². The van der Waals surface area contributed by atoms with Crippen LogP contribution in [0.4, 0.5) is 0 Å². The summed E-state index contributed by atoms with van der Waals surface area (Å²) in [6.07, 6.45) is 8.68. The summed E-state index contributed by atoms with van der Waals surface area (Å²) in [6, 6.07) is 9.09. The molecule has 128 valence electrons. The van der Waals surface area contributed by atoms with Crippen LogP contribution < -0.4 is 0 Å². The van der Waals surface area contributed by atoms with Crippen molar-refractivity contribution in [3.63, 3.8) is 0 Å². The van der Waals surface area contributed by atoms with Gasteiger partial charge in [-0.15, -0.1) is 0 Å². The lowest BCUT2D eigenvalue weighted by atomic mass is 10.00. The molecule has 0 saturated carbocycles. The smallest absolute Gasteiger partial charge is 0.149 e. The van der Waals surface area contributed by atoms with E-state index in [1.54, 1.807) is 0 Å². The summed E-state index contributed by atoms with van der Waals surface area (Å²) in [7, 11) is 0.